The molecule has 0 saturated carbocycles. The number of piperazine rings is 1. The third-order valence-corrected chi connectivity index (χ3v) is 3.98. The van der Waals surface area contributed by atoms with E-state index >= 15 is 0 Å². The average molecular weight is 359 g/mol. The van der Waals surface area contributed by atoms with Gasteiger partial charge in [-0.3, -0.25) is 0 Å². The van der Waals surface area contributed by atoms with Crippen LogP contribution in [0.4, 0.5) is 5.69 Å². The van der Waals surface area contributed by atoms with Gasteiger partial charge in [0.25, 0.3) is 0 Å². The van der Waals surface area contributed by atoms with E-state index in [0.29, 0.717) is 0 Å². The molecule has 0 amide bonds. The highest BCUT2D eigenvalue weighted by atomic mass is 15.3. The number of nitrogens with zero attached hydrogens (tertiary/aromatic N) is 2. The summed E-state index contributed by atoms with van der Waals surface area (Å²) in [6, 6.07) is 8.89. The summed E-state index contributed by atoms with van der Waals surface area (Å²) in [5, 5.41) is 0. The van der Waals surface area contributed by atoms with Gasteiger partial charge in [0.2, 0.25) is 0 Å². The summed E-state index contributed by atoms with van der Waals surface area (Å²) in [7, 11) is 0. The van der Waals surface area contributed by atoms with E-state index < -0.39 is 0 Å². The summed E-state index contributed by atoms with van der Waals surface area (Å²) in [6.45, 7) is 19.2. The number of allylic oxidation sites excluding steroid dienone is 3. The molecule has 1 aromatic carbocycles. The lowest BCUT2D eigenvalue weighted by Crippen LogP contribution is -2.45. The van der Waals surface area contributed by atoms with E-state index in [2.05, 4.69) is 86.9 Å². The van der Waals surface area contributed by atoms with E-state index in [1.54, 1.807) is 0 Å². The third kappa shape index (κ3) is 9.12. The first kappa shape index (κ1) is 24.3. The van der Waals surface area contributed by atoms with Crippen LogP contribution in [0.1, 0.15) is 66.4 Å². The van der Waals surface area contributed by atoms with Crippen LogP contribution in [-0.4, -0.2) is 31.1 Å². The second kappa shape index (κ2) is 15.5. The molecule has 2 nitrogen and oxygen atoms in total. The summed E-state index contributed by atoms with van der Waals surface area (Å²) in [4.78, 5) is 5.00. The summed E-state index contributed by atoms with van der Waals surface area (Å²) >= 11 is 0. The quantitative estimate of drug-likeness (QED) is 0.533. The van der Waals surface area contributed by atoms with Crippen LogP contribution in [0, 0.1) is 6.92 Å². The van der Waals surface area contributed by atoms with Crippen molar-refractivity contribution in [2.45, 2.75) is 67.7 Å². The maximum absolute atomic E-state index is 2.51. The summed E-state index contributed by atoms with van der Waals surface area (Å²) < 4.78 is 0. The minimum Gasteiger partial charge on any atom is -0.368 e. The SMILES string of the molecule is CC.CC/C=C\C(=C/CC)N1CCN(c2ccc(C)cc2)CC1.CCC. The Morgan fingerprint density at radius 2 is 1.42 bits per heavy atom. The first-order chi connectivity index (χ1) is 12.7. The van der Waals surface area contributed by atoms with Gasteiger partial charge in [-0.05, 0) is 38.0 Å². The van der Waals surface area contributed by atoms with Gasteiger partial charge in [0.05, 0.1) is 0 Å². The van der Waals surface area contributed by atoms with Crippen LogP contribution in [0.2, 0.25) is 0 Å². The highest BCUT2D eigenvalue weighted by Gasteiger charge is 2.17. The molecule has 2 heteroatoms. The molecule has 0 N–H and O–H groups in total. The lowest BCUT2D eigenvalue weighted by Gasteiger charge is -2.38. The largest absolute Gasteiger partial charge is 0.368 e. The zero-order valence-electron chi connectivity index (χ0n) is 18.4. The third-order valence-electron chi connectivity index (χ3n) is 3.98. The Morgan fingerprint density at radius 1 is 0.885 bits per heavy atom. The average Bonchev–Trinajstić information content (AvgIpc) is 2.68. The maximum atomic E-state index is 2.51. The molecule has 0 spiro atoms. The van der Waals surface area contributed by atoms with E-state index in [1.807, 2.05) is 13.8 Å². The minimum absolute atomic E-state index is 1.10. The number of benzene rings is 1. The van der Waals surface area contributed by atoms with Crippen LogP contribution < -0.4 is 4.90 Å². The van der Waals surface area contributed by atoms with Crippen molar-refractivity contribution in [1.82, 2.24) is 4.90 Å². The fourth-order valence-corrected chi connectivity index (χ4v) is 2.73. The zero-order valence-corrected chi connectivity index (χ0v) is 18.4. The molecule has 1 saturated heterocycles. The Morgan fingerprint density at radius 3 is 1.88 bits per heavy atom. The molecule has 0 aromatic heterocycles. The van der Waals surface area contributed by atoms with Gasteiger partial charge in [-0.15, -0.1) is 0 Å². The van der Waals surface area contributed by atoms with Crippen molar-refractivity contribution in [2.24, 2.45) is 0 Å². The van der Waals surface area contributed by atoms with Crippen LogP contribution in [0.15, 0.2) is 48.2 Å². The van der Waals surface area contributed by atoms with Crippen LogP contribution in [0.3, 0.4) is 0 Å². The van der Waals surface area contributed by atoms with Crippen molar-refractivity contribution < 1.29 is 0 Å². The maximum Gasteiger partial charge on any atom is 0.0367 e. The zero-order chi connectivity index (χ0) is 19.8. The smallest absolute Gasteiger partial charge is 0.0367 e. The van der Waals surface area contributed by atoms with Gasteiger partial charge in [-0.2, -0.15) is 0 Å². The molecule has 0 bridgehead atoms. The second-order valence-corrected chi connectivity index (χ2v) is 6.36. The van der Waals surface area contributed by atoms with Crippen molar-refractivity contribution in [1.29, 1.82) is 0 Å². The van der Waals surface area contributed by atoms with Crippen molar-refractivity contribution >= 4 is 5.69 Å². The first-order valence-electron chi connectivity index (χ1n) is 10.6. The molecule has 1 aromatic rings. The van der Waals surface area contributed by atoms with Crippen molar-refractivity contribution in [3.8, 4) is 0 Å². The Labute approximate surface area is 163 Å². The molecule has 2 rings (SSSR count). The van der Waals surface area contributed by atoms with Gasteiger partial charge in [-0.1, -0.05) is 77.8 Å². The molecule has 0 atom stereocenters. The van der Waals surface area contributed by atoms with Crippen LogP contribution in [-0.2, 0) is 0 Å². The number of hydrogen-bond acceptors (Lipinski definition) is 2. The molecule has 1 fully saturated rings. The summed E-state index contributed by atoms with van der Waals surface area (Å²) in [5.41, 5.74) is 4.07. The van der Waals surface area contributed by atoms with Crippen LogP contribution in [0.5, 0.6) is 0 Å². The first-order valence-corrected chi connectivity index (χ1v) is 10.6. The van der Waals surface area contributed by atoms with Crippen LogP contribution >= 0.6 is 0 Å². The highest BCUT2D eigenvalue weighted by Crippen LogP contribution is 2.19. The van der Waals surface area contributed by atoms with Gasteiger partial charge in [0.1, 0.15) is 0 Å². The second-order valence-electron chi connectivity index (χ2n) is 6.36. The molecule has 1 aliphatic heterocycles. The monoisotopic (exact) mass is 358 g/mol. The van der Waals surface area contributed by atoms with Crippen molar-refractivity contribution in [3.63, 3.8) is 0 Å². The molecular weight excluding hydrogens is 316 g/mol. The topological polar surface area (TPSA) is 6.48 Å². The van der Waals surface area contributed by atoms with Gasteiger partial charge in [0.15, 0.2) is 0 Å². The van der Waals surface area contributed by atoms with E-state index in [4.69, 9.17) is 0 Å². The van der Waals surface area contributed by atoms with Gasteiger partial charge in [-0.25, -0.2) is 0 Å². The Bertz CT molecular complexity index is 491. The lowest BCUT2D eigenvalue weighted by atomic mass is 10.2. The molecule has 26 heavy (non-hydrogen) atoms. The Kier molecular flexibility index (Phi) is 14.5. The summed E-state index contributed by atoms with van der Waals surface area (Å²) in [6.07, 6.45) is 10.3. The van der Waals surface area contributed by atoms with Gasteiger partial charge < -0.3 is 9.80 Å². The minimum atomic E-state index is 1.10. The predicted octanol–water partition coefficient (Wildman–Crippen LogP) is 6.82. The molecular formula is C24H42N2. The fraction of sp³-hybridized carbons (Fsp3) is 0.583. The van der Waals surface area contributed by atoms with Crippen molar-refractivity contribution in [3.05, 3.63) is 53.8 Å². The normalized spacial score (nSPS) is 14.5. The van der Waals surface area contributed by atoms with Gasteiger partial charge in [0, 0.05) is 37.6 Å². The van der Waals surface area contributed by atoms with E-state index in [0.717, 1.165) is 39.0 Å². The fourth-order valence-electron chi connectivity index (χ4n) is 2.73. The predicted molar refractivity (Wildman–Crippen MR) is 120 cm³/mol. The molecule has 1 heterocycles. The molecule has 1 aliphatic rings. The number of aryl methyl sites for hydroxylation is 1. The number of anilines is 1. The molecule has 0 unspecified atom stereocenters. The number of rotatable bonds is 5. The summed E-state index contributed by atoms with van der Waals surface area (Å²) in [5.74, 6) is 0. The number of hydrogen-bond donors (Lipinski definition) is 0. The molecule has 0 radical (unpaired) electrons. The van der Waals surface area contributed by atoms with Crippen LogP contribution in [0.25, 0.3) is 0 Å². The van der Waals surface area contributed by atoms with Crippen molar-refractivity contribution in [2.75, 3.05) is 31.1 Å². The Hall–Kier alpha value is -1.70. The standard InChI is InChI=1S/C19H28N2.C3H8.C2H6/c1-4-6-8-18(7-5-2)20-13-15-21(16-14-20)19-11-9-17(3)10-12-19;1-3-2;1-2/h6-12H,4-5,13-16H2,1-3H3;3H2,1-2H3;1-2H3/b8-6-,18-7+;;. The highest BCUT2D eigenvalue weighted by molar-refractivity contribution is 5.48. The molecule has 0 aliphatic carbocycles. The van der Waals surface area contributed by atoms with Gasteiger partial charge >= 0.3 is 0 Å². The lowest BCUT2D eigenvalue weighted by molar-refractivity contribution is 0.329. The molecule has 148 valence electrons. The van der Waals surface area contributed by atoms with E-state index in [1.165, 1.54) is 23.4 Å². The Balaban J connectivity index is 0.00000113. The van der Waals surface area contributed by atoms with E-state index in [9.17, 15) is 0 Å². The van der Waals surface area contributed by atoms with E-state index in [-0.39, 0.29) is 0 Å².